The fourth-order valence-electron chi connectivity index (χ4n) is 1.79. The Balaban J connectivity index is 1.84. The Hall–Kier alpha value is -2.33. The van der Waals surface area contributed by atoms with E-state index in [9.17, 15) is 0 Å². The van der Waals surface area contributed by atoms with Crippen molar-refractivity contribution in [1.82, 2.24) is 15.7 Å². The minimum absolute atomic E-state index is 0.647. The predicted octanol–water partition coefficient (Wildman–Crippen LogP) is 3.18. The van der Waals surface area contributed by atoms with Gasteiger partial charge >= 0.3 is 0 Å². The lowest BCUT2D eigenvalue weighted by atomic mass is 10.1. The molecule has 0 spiro atoms. The van der Waals surface area contributed by atoms with Crippen molar-refractivity contribution in [1.29, 1.82) is 0 Å². The zero-order valence-corrected chi connectivity index (χ0v) is 11.9. The number of pyridine rings is 1. The molecule has 0 bridgehead atoms. The summed E-state index contributed by atoms with van der Waals surface area (Å²) in [6, 6.07) is 8.17. The minimum Gasteiger partial charge on any atom is -0.375 e. The Labute approximate surface area is 119 Å². The number of hydrogen-bond donors (Lipinski definition) is 3. The molecular weight excluding hydrogens is 248 g/mol. The summed E-state index contributed by atoms with van der Waals surface area (Å²) in [7, 11) is 0. The van der Waals surface area contributed by atoms with Crippen LogP contribution in [-0.4, -0.2) is 11.7 Å². The number of aromatic nitrogens is 1. The van der Waals surface area contributed by atoms with Gasteiger partial charge in [0.1, 0.15) is 0 Å². The molecule has 4 heteroatoms. The number of allylic oxidation sites excluding steroid dienone is 4. The summed E-state index contributed by atoms with van der Waals surface area (Å²) >= 11 is 0. The van der Waals surface area contributed by atoms with Gasteiger partial charge in [0, 0.05) is 29.2 Å². The lowest BCUT2D eigenvalue weighted by Crippen LogP contribution is -2.32. The Kier molecular flexibility index (Phi) is 5.15. The van der Waals surface area contributed by atoms with Crippen LogP contribution in [0.1, 0.15) is 13.8 Å². The summed E-state index contributed by atoms with van der Waals surface area (Å²) in [5.74, 6) is 0. The number of benzene rings is 1. The Bertz CT molecular complexity index is 617. The second-order valence-electron chi connectivity index (χ2n) is 4.47. The van der Waals surface area contributed by atoms with E-state index in [0.717, 1.165) is 16.8 Å². The number of nitrogens with zero attached hydrogens (tertiary/aromatic N) is 1. The highest BCUT2D eigenvalue weighted by atomic mass is 15.4. The van der Waals surface area contributed by atoms with E-state index in [1.165, 1.54) is 5.39 Å². The van der Waals surface area contributed by atoms with Crippen LogP contribution in [0.3, 0.4) is 0 Å². The van der Waals surface area contributed by atoms with Crippen molar-refractivity contribution in [3.8, 4) is 0 Å². The van der Waals surface area contributed by atoms with Gasteiger partial charge in [0.05, 0.1) is 6.67 Å². The predicted molar refractivity (Wildman–Crippen MR) is 85.1 cm³/mol. The molecule has 0 amide bonds. The average molecular weight is 268 g/mol. The molecule has 2 rings (SSSR count). The van der Waals surface area contributed by atoms with E-state index in [4.69, 9.17) is 0 Å². The lowest BCUT2D eigenvalue weighted by Gasteiger charge is -2.11. The maximum absolute atomic E-state index is 4.10. The van der Waals surface area contributed by atoms with Crippen LogP contribution in [0.15, 0.2) is 60.6 Å². The molecule has 0 fully saturated rings. The number of anilines is 1. The van der Waals surface area contributed by atoms with Crippen LogP contribution in [0.5, 0.6) is 0 Å². The van der Waals surface area contributed by atoms with Crippen molar-refractivity contribution in [2.24, 2.45) is 0 Å². The molecule has 0 saturated carbocycles. The van der Waals surface area contributed by atoms with Gasteiger partial charge in [-0.3, -0.25) is 4.98 Å². The first-order valence-corrected chi connectivity index (χ1v) is 6.65. The Morgan fingerprint density at radius 2 is 2.15 bits per heavy atom. The minimum atomic E-state index is 0.647. The molecule has 104 valence electrons. The zero-order valence-electron chi connectivity index (χ0n) is 11.9. The van der Waals surface area contributed by atoms with Crippen LogP contribution >= 0.6 is 0 Å². The molecule has 0 saturated heterocycles. The Morgan fingerprint density at radius 3 is 3.00 bits per heavy atom. The molecular formula is C16H20N4. The molecule has 0 aliphatic heterocycles. The third kappa shape index (κ3) is 4.10. The van der Waals surface area contributed by atoms with Crippen LogP contribution in [0.2, 0.25) is 0 Å². The summed E-state index contributed by atoms with van der Waals surface area (Å²) in [5, 5.41) is 5.56. The first-order valence-electron chi connectivity index (χ1n) is 6.65. The van der Waals surface area contributed by atoms with Crippen LogP contribution in [0.25, 0.3) is 10.8 Å². The normalized spacial score (nSPS) is 12.0. The van der Waals surface area contributed by atoms with E-state index in [2.05, 4.69) is 33.3 Å². The van der Waals surface area contributed by atoms with Gasteiger partial charge in [-0.25, -0.2) is 5.43 Å². The van der Waals surface area contributed by atoms with E-state index in [-0.39, 0.29) is 0 Å². The molecule has 0 unspecified atom stereocenters. The van der Waals surface area contributed by atoms with Crippen molar-refractivity contribution < 1.29 is 0 Å². The molecule has 0 atom stereocenters. The summed E-state index contributed by atoms with van der Waals surface area (Å²) in [6.45, 7) is 4.68. The molecule has 1 aromatic carbocycles. The fourth-order valence-corrected chi connectivity index (χ4v) is 1.79. The molecule has 2 aromatic rings. The van der Waals surface area contributed by atoms with Gasteiger partial charge in [-0.15, -0.1) is 0 Å². The van der Waals surface area contributed by atoms with Gasteiger partial charge in [0.2, 0.25) is 0 Å². The quantitative estimate of drug-likeness (QED) is 0.326. The molecule has 0 aliphatic rings. The molecule has 0 radical (unpaired) electrons. The van der Waals surface area contributed by atoms with Crippen molar-refractivity contribution >= 4 is 16.5 Å². The summed E-state index contributed by atoms with van der Waals surface area (Å²) in [4.78, 5) is 4.10. The number of rotatable bonds is 6. The lowest BCUT2D eigenvalue weighted by molar-refractivity contribution is 0.700. The number of hydrogen-bond acceptors (Lipinski definition) is 4. The van der Waals surface area contributed by atoms with Crippen molar-refractivity contribution in [3.05, 3.63) is 60.6 Å². The first-order chi connectivity index (χ1) is 9.79. The number of hydrazine groups is 1. The highest BCUT2D eigenvalue weighted by molar-refractivity contribution is 5.84. The second kappa shape index (κ2) is 7.31. The largest absolute Gasteiger partial charge is 0.375 e. The van der Waals surface area contributed by atoms with Gasteiger partial charge in [-0.2, -0.15) is 0 Å². The molecule has 0 aliphatic carbocycles. The monoisotopic (exact) mass is 268 g/mol. The van der Waals surface area contributed by atoms with Crippen molar-refractivity contribution in [2.45, 2.75) is 13.8 Å². The van der Waals surface area contributed by atoms with Crippen LogP contribution in [-0.2, 0) is 0 Å². The highest BCUT2D eigenvalue weighted by Gasteiger charge is 1.95. The van der Waals surface area contributed by atoms with E-state index >= 15 is 0 Å². The zero-order chi connectivity index (χ0) is 14.2. The van der Waals surface area contributed by atoms with E-state index < -0.39 is 0 Å². The van der Waals surface area contributed by atoms with Crippen LogP contribution < -0.4 is 16.2 Å². The maximum atomic E-state index is 4.10. The van der Waals surface area contributed by atoms with E-state index in [0.29, 0.717) is 6.67 Å². The third-order valence-electron chi connectivity index (χ3n) is 2.87. The molecule has 1 heterocycles. The molecule has 3 N–H and O–H groups in total. The van der Waals surface area contributed by atoms with Crippen LogP contribution in [0, 0.1) is 0 Å². The maximum Gasteiger partial charge on any atom is 0.0824 e. The second-order valence-corrected chi connectivity index (χ2v) is 4.47. The van der Waals surface area contributed by atoms with Crippen molar-refractivity contribution in [2.75, 3.05) is 12.1 Å². The number of nitrogens with one attached hydrogen (secondary N) is 3. The SMILES string of the molecule is C/C=C\C=C(/C)NCNNc1ccc2cnccc2c1. The van der Waals surface area contributed by atoms with E-state index in [1.807, 2.05) is 50.4 Å². The number of fused-ring (bicyclic) bond motifs is 1. The molecule has 1 aromatic heterocycles. The summed E-state index contributed by atoms with van der Waals surface area (Å²) < 4.78 is 0. The summed E-state index contributed by atoms with van der Waals surface area (Å²) in [5.41, 5.74) is 8.44. The molecule has 20 heavy (non-hydrogen) atoms. The first kappa shape index (κ1) is 14.1. The smallest absolute Gasteiger partial charge is 0.0824 e. The van der Waals surface area contributed by atoms with Gasteiger partial charge in [0.25, 0.3) is 0 Å². The van der Waals surface area contributed by atoms with Crippen molar-refractivity contribution in [3.63, 3.8) is 0 Å². The van der Waals surface area contributed by atoms with E-state index in [1.54, 1.807) is 6.20 Å². The van der Waals surface area contributed by atoms with Gasteiger partial charge < -0.3 is 10.7 Å². The van der Waals surface area contributed by atoms with Gasteiger partial charge in [0.15, 0.2) is 0 Å². The van der Waals surface area contributed by atoms with Gasteiger partial charge in [-0.1, -0.05) is 18.2 Å². The summed E-state index contributed by atoms with van der Waals surface area (Å²) in [6.07, 6.45) is 9.71. The molecule has 4 nitrogen and oxygen atoms in total. The average Bonchev–Trinajstić information content (AvgIpc) is 2.49. The highest BCUT2D eigenvalue weighted by Crippen LogP contribution is 2.16. The fraction of sp³-hybridized carbons (Fsp3) is 0.188. The van der Waals surface area contributed by atoms with Crippen LogP contribution in [0.4, 0.5) is 5.69 Å². The van der Waals surface area contributed by atoms with Gasteiger partial charge in [-0.05, 0) is 43.5 Å². The topological polar surface area (TPSA) is 49.0 Å². The Morgan fingerprint density at radius 1 is 1.25 bits per heavy atom. The standard InChI is InChI=1S/C16H20N4/c1-3-4-5-13(2)18-12-19-20-16-7-6-15-11-17-9-8-14(15)10-16/h3-11,18-20H,12H2,1-2H3/b4-3-,13-5+. The third-order valence-corrected chi connectivity index (χ3v) is 2.87.